The Hall–Kier alpha value is -3.22. The highest BCUT2D eigenvalue weighted by Crippen LogP contribution is 2.27. The number of anilines is 1. The fraction of sp³-hybridized carbons (Fsp3) is 0.222. The Kier molecular flexibility index (Phi) is 4.22. The van der Waals surface area contributed by atoms with Crippen LogP contribution < -0.4 is 4.90 Å². The highest BCUT2D eigenvalue weighted by Gasteiger charge is 2.43. The van der Waals surface area contributed by atoms with Gasteiger partial charge in [0, 0.05) is 18.7 Å². The van der Waals surface area contributed by atoms with Crippen LogP contribution in [0.3, 0.4) is 0 Å². The Bertz CT molecular complexity index is 830. The Balaban J connectivity index is 1.82. The second-order valence-electron chi connectivity index (χ2n) is 6.02. The van der Waals surface area contributed by atoms with E-state index in [1.165, 1.54) is 21.9 Å². The van der Waals surface area contributed by atoms with Crippen LogP contribution in [-0.2, 0) is 11.3 Å². The lowest BCUT2D eigenvalue weighted by Gasteiger charge is -2.19. The van der Waals surface area contributed by atoms with Gasteiger partial charge in [-0.1, -0.05) is 29.8 Å². The summed E-state index contributed by atoms with van der Waals surface area (Å²) in [6.07, 6.45) is 0. The van der Waals surface area contributed by atoms with E-state index >= 15 is 0 Å². The fourth-order valence-corrected chi connectivity index (χ4v) is 2.76. The van der Waals surface area contributed by atoms with Gasteiger partial charge in [-0.3, -0.25) is 14.9 Å². The lowest BCUT2D eigenvalue weighted by Crippen LogP contribution is -2.33. The third-order valence-electron chi connectivity index (χ3n) is 4.27. The Morgan fingerprint density at radius 2 is 1.64 bits per heavy atom. The predicted octanol–water partition coefficient (Wildman–Crippen LogP) is 3.26. The first-order valence-corrected chi connectivity index (χ1v) is 7.83. The second kappa shape index (κ2) is 6.35. The molecule has 128 valence electrons. The van der Waals surface area contributed by atoms with E-state index in [0.29, 0.717) is 5.69 Å². The van der Waals surface area contributed by atoms with Crippen LogP contribution in [0.15, 0.2) is 48.5 Å². The zero-order valence-corrected chi connectivity index (χ0v) is 13.9. The van der Waals surface area contributed by atoms with Crippen LogP contribution >= 0.6 is 0 Å². The second-order valence-corrected chi connectivity index (χ2v) is 6.02. The van der Waals surface area contributed by atoms with Crippen LogP contribution in [0, 0.1) is 17.0 Å². The Morgan fingerprint density at radius 1 is 1.04 bits per heavy atom. The molecule has 3 rings (SSSR count). The molecule has 0 radical (unpaired) electrons. The number of nitro benzene ring substituents is 1. The minimum absolute atomic E-state index is 0.0121. The maximum atomic E-state index is 12.7. The zero-order chi connectivity index (χ0) is 18.1. The molecule has 0 aliphatic carbocycles. The maximum absolute atomic E-state index is 12.7. The van der Waals surface area contributed by atoms with Gasteiger partial charge in [0.15, 0.2) is 0 Å². The number of hydrogen-bond donors (Lipinski definition) is 0. The van der Waals surface area contributed by atoms with Gasteiger partial charge in [-0.15, -0.1) is 0 Å². The first-order chi connectivity index (χ1) is 11.9. The van der Waals surface area contributed by atoms with Gasteiger partial charge in [-0.05, 0) is 31.5 Å². The number of carbonyl (C=O) groups is 2. The molecule has 7 nitrogen and oxygen atoms in total. The standard InChI is InChI=1S/C18H17N3O4/c1-12-3-7-15(8-4-12)20-17(22)13(2)19(18(20)23)11-14-5-9-16(10-6-14)21(24)25/h3-10,13H,11H2,1-2H3/t13-/m0/s1. The summed E-state index contributed by atoms with van der Waals surface area (Å²) >= 11 is 0. The first-order valence-electron chi connectivity index (χ1n) is 7.83. The third-order valence-corrected chi connectivity index (χ3v) is 4.27. The monoisotopic (exact) mass is 339 g/mol. The van der Waals surface area contributed by atoms with Gasteiger partial charge in [0.2, 0.25) is 0 Å². The Morgan fingerprint density at radius 3 is 2.20 bits per heavy atom. The lowest BCUT2D eigenvalue weighted by atomic mass is 10.2. The highest BCUT2D eigenvalue weighted by molar-refractivity contribution is 6.21. The summed E-state index contributed by atoms with van der Waals surface area (Å²) in [5.41, 5.74) is 2.29. The molecule has 0 unspecified atom stereocenters. The fourth-order valence-electron chi connectivity index (χ4n) is 2.76. The van der Waals surface area contributed by atoms with Crippen molar-refractivity contribution in [3.8, 4) is 0 Å². The largest absolute Gasteiger partial charge is 0.332 e. The van der Waals surface area contributed by atoms with Crippen molar-refractivity contribution >= 4 is 23.3 Å². The van der Waals surface area contributed by atoms with Gasteiger partial charge < -0.3 is 4.90 Å². The average molecular weight is 339 g/mol. The number of nitrogens with zero attached hydrogens (tertiary/aromatic N) is 3. The number of aryl methyl sites for hydroxylation is 1. The highest BCUT2D eigenvalue weighted by atomic mass is 16.6. The molecule has 2 aromatic rings. The van der Waals surface area contributed by atoms with Gasteiger partial charge in [0.25, 0.3) is 11.6 Å². The summed E-state index contributed by atoms with van der Waals surface area (Å²) < 4.78 is 0. The summed E-state index contributed by atoms with van der Waals surface area (Å²) in [4.78, 5) is 38.1. The molecular formula is C18H17N3O4. The van der Waals surface area contributed by atoms with Gasteiger partial charge in [0.1, 0.15) is 6.04 Å². The molecule has 1 aliphatic rings. The predicted molar refractivity (Wildman–Crippen MR) is 92.2 cm³/mol. The van der Waals surface area contributed by atoms with E-state index in [-0.39, 0.29) is 24.2 Å². The van der Waals surface area contributed by atoms with Crippen molar-refractivity contribution in [2.75, 3.05) is 4.90 Å². The van der Waals surface area contributed by atoms with E-state index in [1.807, 2.05) is 19.1 Å². The summed E-state index contributed by atoms with van der Waals surface area (Å²) in [6.45, 7) is 3.83. The quantitative estimate of drug-likeness (QED) is 0.486. The number of carbonyl (C=O) groups excluding carboxylic acids is 2. The number of amides is 3. The van der Waals surface area contributed by atoms with E-state index in [2.05, 4.69) is 0 Å². The molecule has 0 N–H and O–H groups in total. The van der Waals surface area contributed by atoms with Crippen molar-refractivity contribution in [2.24, 2.45) is 0 Å². The minimum atomic E-state index is -0.594. The molecule has 2 aromatic carbocycles. The van der Waals surface area contributed by atoms with Gasteiger partial charge in [0.05, 0.1) is 10.6 Å². The van der Waals surface area contributed by atoms with Crippen molar-refractivity contribution < 1.29 is 14.5 Å². The molecule has 1 saturated heterocycles. The molecule has 0 aromatic heterocycles. The summed E-state index contributed by atoms with van der Waals surface area (Å²) in [6, 6.07) is 12.2. The van der Waals surface area contributed by atoms with Crippen molar-refractivity contribution in [3.05, 3.63) is 69.8 Å². The summed E-state index contributed by atoms with van der Waals surface area (Å²) in [7, 11) is 0. The molecule has 25 heavy (non-hydrogen) atoms. The van der Waals surface area contributed by atoms with Crippen molar-refractivity contribution in [1.29, 1.82) is 0 Å². The van der Waals surface area contributed by atoms with Crippen LogP contribution in [0.1, 0.15) is 18.1 Å². The summed E-state index contributed by atoms with van der Waals surface area (Å²) in [5, 5.41) is 10.7. The molecule has 1 aliphatic heterocycles. The molecular weight excluding hydrogens is 322 g/mol. The van der Waals surface area contributed by atoms with E-state index in [4.69, 9.17) is 0 Å². The topological polar surface area (TPSA) is 83.8 Å². The van der Waals surface area contributed by atoms with Crippen LogP contribution in [0.5, 0.6) is 0 Å². The van der Waals surface area contributed by atoms with Gasteiger partial charge in [-0.2, -0.15) is 0 Å². The van der Waals surface area contributed by atoms with Crippen LogP contribution in [0.4, 0.5) is 16.2 Å². The molecule has 1 atom stereocenters. The minimum Gasteiger partial charge on any atom is -0.308 e. The van der Waals surface area contributed by atoms with Crippen LogP contribution in [0.2, 0.25) is 0 Å². The van der Waals surface area contributed by atoms with E-state index < -0.39 is 11.0 Å². The van der Waals surface area contributed by atoms with Gasteiger partial charge in [-0.25, -0.2) is 9.69 Å². The number of non-ortho nitro benzene ring substituents is 1. The molecule has 3 amide bonds. The molecule has 0 saturated carbocycles. The number of urea groups is 1. The molecule has 1 fully saturated rings. The number of hydrogen-bond acceptors (Lipinski definition) is 4. The smallest absolute Gasteiger partial charge is 0.308 e. The Labute approximate surface area is 144 Å². The van der Waals surface area contributed by atoms with Crippen molar-refractivity contribution in [3.63, 3.8) is 0 Å². The van der Waals surface area contributed by atoms with Crippen LogP contribution in [-0.4, -0.2) is 27.8 Å². The van der Waals surface area contributed by atoms with Crippen molar-refractivity contribution in [2.45, 2.75) is 26.4 Å². The molecule has 0 spiro atoms. The number of imide groups is 1. The normalized spacial score (nSPS) is 17.3. The van der Waals surface area contributed by atoms with Gasteiger partial charge >= 0.3 is 6.03 Å². The third kappa shape index (κ3) is 3.08. The van der Waals surface area contributed by atoms with Crippen LogP contribution in [0.25, 0.3) is 0 Å². The first kappa shape index (κ1) is 16.6. The number of rotatable bonds is 4. The van der Waals surface area contributed by atoms with E-state index in [0.717, 1.165) is 11.1 Å². The number of nitro groups is 1. The van der Waals surface area contributed by atoms with Crippen molar-refractivity contribution in [1.82, 2.24) is 4.90 Å². The number of benzene rings is 2. The molecule has 7 heteroatoms. The van der Waals surface area contributed by atoms with E-state index in [9.17, 15) is 19.7 Å². The molecule has 0 bridgehead atoms. The van der Waals surface area contributed by atoms with E-state index in [1.54, 1.807) is 31.2 Å². The zero-order valence-electron chi connectivity index (χ0n) is 13.9. The average Bonchev–Trinajstić information content (AvgIpc) is 2.80. The molecule has 1 heterocycles. The lowest BCUT2D eigenvalue weighted by molar-refractivity contribution is -0.384. The summed E-state index contributed by atoms with van der Waals surface area (Å²) in [5.74, 6) is -0.282. The SMILES string of the molecule is Cc1ccc(N2C(=O)[C@H](C)N(Cc3ccc([N+](=O)[O-])cc3)C2=O)cc1. The maximum Gasteiger partial charge on any atom is 0.332 e.